The number of aryl methyl sites for hydroxylation is 1. The number of hydrogen-bond acceptors (Lipinski definition) is 7. The van der Waals surface area contributed by atoms with Crippen LogP contribution in [0.25, 0.3) is 22.1 Å². The zero-order valence-electron chi connectivity index (χ0n) is 24.1. The fourth-order valence-corrected chi connectivity index (χ4v) is 6.63. The molecule has 2 heterocycles. The molecule has 42 heavy (non-hydrogen) atoms. The van der Waals surface area contributed by atoms with Crippen LogP contribution in [0, 0.1) is 12.8 Å². The number of nitrogens with zero attached hydrogens (tertiary/aromatic N) is 1. The molecule has 0 radical (unpaired) electrons. The molecule has 1 unspecified atom stereocenters. The molecule has 5 rings (SSSR count). The molecule has 9 nitrogen and oxygen atoms in total. The van der Waals surface area contributed by atoms with Crippen molar-refractivity contribution >= 4 is 44.2 Å². The van der Waals surface area contributed by atoms with Crippen LogP contribution in [0.5, 0.6) is 0 Å². The van der Waals surface area contributed by atoms with Crippen LogP contribution in [0.1, 0.15) is 42.8 Å². The van der Waals surface area contributed by atoms with Gasteiger partial charge in [0, 0.05) is 35.4 Å². The van der Waals surface area contributed by atoms with Crippen LogP contribution in [-0.2, 0) is 19.6 Å². The Morgan fingerprint density at radius 3 is 2.14 bits per heavy atom. The van der Waals surface area contributed by atoms with Gasteiger partial charge in [-0.15, -0.1) is 0 Å². The molecule has 10 heteroatoms. The zero-order valence-corrected chi connectivity index (χ0v) is 25.0. The first-order valence-corrected chi connectivity index (χ1v) is 15.5. The Balaban J connectivity index is 1.29. The number of carbonyl (C=O) groups is 2. The molecule has 1 aliphatic rings. The second-order valence-corrected chi connectivity index (χ2v) is 12.5. The first-order chi connectivity index (χ1) is 20.1. The van der Waals surface area contributed by atoms with E-state index < -0.39 is 22.0 Å². The molecule has 0 saturated carbocycles. The molecule has 1 aromatic heterocycles. The van der Waals surface area contributed by atoms with E-state index in [2.05, 4.69) is 21.0 Å². The van der Waals surface area contributed by atoms with Gasteiger partial charge in [-0.2, -0.15) is 4.72 Å². The molecular weight excluding hydrogens is 554 g/mol. The van der Waals surface area contributed by atoms with Crippen LogP contribution in [0.3, 0.4) is 0 Å². The summed E-state index contributed by atoms with van der Waals surface area (Å²) in [5, 5.41) is 3.90. The number of nitrogens with one attached hydrogen (secondary N) is 2. The van der Waals surface area contributed by atoms with E-state index in [1.807, 2.05) is 31.2 Å². The predicted octanol–water partition coefficient (Wildman–Crippen LogP) is 5.74. The molecule has 1 saturated heterocycles. The van der Waals surface area contributed by atoms with Crippen molar-refractivity contribution in [3.05, 3.63) is 78.1 Å². The minimum absolute atomic E-state index is 0.0405. The summed E-state index contributed by atoms with van der Waals surface area (Å²) in [5.74, 6) is -0.955. The van der Waals surface area contributed by atoms with Gasteiger partial charge in [0.15, 0.2) is 5.76 Å². The summed E-state index contributed by atoms with van der Waals surface area (Å²) in [6.45, 7) is 7.40. The summed E-state index contributed by atoms with van der Waals surface area (Å²) < 4.78 is 38.9. The smallest absolute Gasteiger partial charge is 0.324 e. The third kappa shape index (κ3) is 5.91. The zero-order chi connectivity index (χ0) is 30.0. The van der Waals surface area contributed by atoms with E-state index in [1.54, 1.807) is 38.1 Å². The van der Waals surface area contributed by atoms with Gasteiger partial charge in [0.05, 0.1) is 12.0 Å². The fourth-order valence-electron chi connectivity index (χ4n) is 5.30. The molecule has 1 fully saturated rings. The largest absolute Gasteiger partial charge is 0.468 e. The Labute approximate surface area is 245 Å². The second kappa shape index (κ2) is 12.0. The number of sulfonamides is 1. The first-order valence-electron chi connectivity index (χ1n) is 14.0. The molecule has 0 bridgehead atoms. The lowest BCUT2D eigenvalue weighted by Gasteiger charge is -2.19. The lowest BCUT2D eigenvalue weighted by atomic mass is 10.1. The van der Waals surface area contributed by atoms with Crippen molar-refractivity contribution in [1.82, 2.24) is 4.72 Å². The van der Waals surface area contributed by atoms with Crippen molar-refractivity contribution in [3.63, 3.8) is 0 Å². The third-order valence-corrected chi connectivity index (χ3v) is 9.09. The Hall–Kier alpha value is -4.15. The highest BCUT2D eigenvalue weighted by Crippen LogP contribution is 2.35. The third-order valence-electron chi connectivity index (χ3n) is 7.63. The average molecular weight is 590 g/mol. The molecule has 1 aliphatic heterocycles. The SMILES string of the molecule is COC(=O)C(NS(=O)(=O)c1ccc(-c2ccc(NC(=O)c3oc4cccc(N5CCCC5)c4c3C)cc2)cc1)C(C)C. The number of carbonyl (C=O) groups excluding carboxylic acids is 2. The molecule has 0 spiro atoms. The Morgan fingerprint density at radius 2 is 1.55 bits per heavy atom. The van der Waals surface area contributed by atoms with Gasteiger partial charge in [0.1, 0.15) is 11.6 Å². The fraction of sp³-hybridized carbons (Fsp3) is 0.312. The average Bonchev–Trinajstić information content (AvgIpc) is 3.64. The van der Waals surface area contributed by atoms with Crippen LogP contribution in [-0.4, -0.2) is 46.5 Å². The van der Waals surface area contributed by atoms with Gasteiger partial charge in [0.2, 0.25) is 10.0 Å². The Morgan fingerprint density at radius 1 is 0.929 bits per heavy atom. The van der Waals surface area contributed by atoms with Gasteiger partial charge < -0.3 is 19.4 Å². The van der Waals surface area contributed by atoms with E-state index in [4.69, 9.17) is 9.15 Å². The lowest BCUT2D eigenvalue weighted by molar-refractivity contribution is -0.143. The van der Waals surface area contributed by atoms with Gasteiger partial charge in [-0.25, -0.2) is 8.42 Å². The number of ether oxygens (including phenoxy) is 1. The molecule has 1 atom stereocenters. The molecule has 1 amide bonds. The van der Waals surface area contributed by atoms with Crippen LogP contribution in [0.15, 0.2) is 76.0 Å². The standard InChI is InChI=1S/C32H35N3O6S/c1-20(2)29(32(37)40-4)34-42(38,39)25-16-12-23(13-17-25)22-10-14-24(15-11-22)33-31(36)30-21(3)28-26(35-18-5-6-19-35)8-7-9-27(28)41-30/h7-17,20,29,34H,5-6,18-19H2,1-4H3,(H,33,36). The molecular formula is C32H35N3O6S. The van der Waals surface area contributed by atoms with Gasteiger partial charge in [-0.1, -0.05) is 44.2 Å². The summed E-state index contributed by atoms with van der Waals surface area (Å²) in [6.07, 6.45) is 2.32. The summed E-state index contributed by atoms with van der Waals surface area (Å²) in [7, 11) is -2.71. The van der Waals surface area contributed by atoms with Crippen LogP contribution in [0.4, 0.5) is 11.4 Å². The second-order valence-electron chi connectivity index (χ2n) is 10.8. The lowest BCUT2D eigenvalue weighted by Crippen LogP contribution is -2.44. The molecule has 4 aromatic rings. The van der Waals surface area contributed by atoms with Crippen LogP contribution < -0.4 is 14.9 Å². The van der Waals surface area contributed by atoms with E-state index in [9.17, 15) is 18.0 Å². The molecule has 0 aliphatic carbocycles. The van der Waals surface area contributed by atoms with E-state index in [1.165, 1.54) is 19.2 Å². The number of methoxy groups -OCH3 is 1. The minimum Gasteiger partial charge on any atom is -0.468 e. The highest BCUT2D eigenvalue weighted by molar-refractivity contribution is 7.89. The van der Waals surface area contributed by atoms with Gasteiger partial charge in [-0.05, 0) is 73.2 Å². The number of amides is 1. The number of benzene rings is 3. The maximum atomic E-state index is 13.2. The maximum Gasteiger partial charge on any atom is 0.324 e. The normalized spacial score (nSPS) is 14.4. The van der Waals surface area contributed by atoms with E-state index >= 15 is 0 Å². The Bertz CT molecular complexity index is 1700. The summed E-state index contributed by atoms with van der Waals surface area (Å²) in [6, 6.07) is 18.6. The highest BCUT2D eigenvalue weighted by Gasteiger charge is 2.29. The van der Waals surface area contributed by atoms with Crippen molar-refractivity contribution in [1.29, 1.82) is 0 Å². The predicted molar refractivity (Wildman–Crippen MR) is 163 cm³/mol. The number of hydrogen-bond donors (Lipinski definition) is 2. The van der Waals surface area contributed by atoms with Gasteiger partial charge >= 0.3 is 5.97 Å². The molecule has 2 N–H and O–H groups in total. The number of furan rings is 1. The number of esters is 1. The van der Waals surface area contributed by atoms with Crippen LogP contribution >= 0.6 is 0 Å². The minimum atomic E-state index is -3.94. The Kier molecular flexibility index (Phi) is 8.38. The number of anilines is 2. The highest BCUT2D eigenvalue weighted by atomic mass is 32.2. The maximum absolute atomic E-state index is 13.2. The monoisotopic (exact) mass is 589 g/mol. The topological polar surface area (TPSA) is 118 Å². The first kappa shape index (κ1) is 29.3. The van der Waals surface area contributed by atoms with Crippen molar-refractivity contribution in [3.8, 4) is 11.1 Å². The van der Waals surface area contributed by atoms with E-state index in [-0.39, 0.29) is 22.5 Å². The van der Waals surface area contributed by atoms with Crippen molar-refractivity contribution in [2.75, 3.05) is 30.4 Å². The quantitative estimate of drug-likeness (QED) is 0.239. The van der Waals surface area contributed by atoms with E-state index in [0.29, 0.717) is 11.3 Å². The number of fused-ring (bicyclic) bond motifs is 1. The van der Waals surface area contributed by atoms with Crippen molar-refractivity contribution in [2.45, 2.75) is 44.6 Å². The van der Waals surface area contributed by atoms with Crippen molar-refractivity contribution in [2.24, 2.45) is 5.92 Å². The van der Waals surface area contributed by atoms with Gasteiger partial charge in [-0.3, -0.25) is 9.59 Å². The molecule has 220 valence electrons. The van der Waals surface area contributed by atoms with Crippen molar-refractivity contribution < 1.29 is 27.2 Å². The van der Waals surface area contributed by atoms with Crippen LogP contribution in [0.2, 0.25) is 0 Å². The summed E-state index contributed by atoms with van der Waals surface area (Å²) in [4.78, 5) is 27.6. The molecule has 3 aromatic carbocycles. The number of rotatable bonds is 9. The van der Waals surface area contributed by atoms with Gasteiger partial charge in [0.25, 0.3) is 5.91 Å². The van der Waals surface area contributed by atoms with E-state index in [0.717, 1.165) is 53.7 Å². The summed E-state index contributed by atoms with van der Waals surface area (Å²) >= 11 is 0. The summed E-state index contributed by atoms with van der Waals surface area (Å²) in [5.41, 5.74) is 4.86.